The Morgan fingerprint density at radius 1 is 1.27 bits per heavy atom. The molecular weight excluding hydrogens is 139 g/mol. The molecule has 0 aromatic heterocycles. The van der Waals surface area contributed by atoms with E-state index < -0.39 is 6.17 Å². The number of hydrogen-bond donors (Lipinski definition) is 0. The highest BCUT2D eigenvalue weighted by Crippen LogP contribution is 2.31. The molecule has 1 aliphatic rings. The summed E-state index contributed by atoms with van der Waals surface area (Å²) in [7, 11) is 0. The molecule has 1 fully saturated rings. The first kappa shape index (κ1) is 9.02. The van der Waals surface area contributed by atoms with E-state index in [0.717, 1.165) is 25.7 Å². The van der Waals surface area contributed by atoms with Crippen molar-refractivity contribution in [2.75, 3.05) is 0 Å². The summed E-state index contributed by atoms with van der Waals surface area (Å²) in [4.78, 5) is 0. The van der Waals surface area contributed by atoms with Gasteiger partial charge in [0.25, 0.3) is 0 Å². The van der Waals surface area contributed by atoms with E-state index in [-0.39, 0.29) is 0 Å². The minimum absolute atomic E-state index is 0.378. The number of rotatable bonds is 2. The molecule has 0 radical (unpaired) electrons. The lowest BCUT2D eigenvalue weighted by atomic mass is 9.82. The van der Waals surface area contributed by atoms with Crippen LogP contribution >= 0.6 is 0 Å². The molecule has 66 valence electrons. The van der Waals surface area contributed by atoms with Gasteiger partial charge in [0.15, 0.2) is 0 Å². The number of alkyl halides is 1. The standard InChI is InChI=1S/C10H19F/c1-8(2)7-9-5-3-4-6-10(9)11/h8-10H,3-7H2,1-2H3/t9?,10-/m0/s1. The Morgan fingerprint density at radius 2 is 1.91 bits per heavy atom. The zero-order valence-corrected chi connectivity index (χ0v) is 7.65. The maximum Gasteiger partial charge on any atom is 0.103 e. The highest BCUT2D eigenvalue weighted by Gasteiger charge is 2.24. The van der Waals surface area contributed by atoms with Crippen molar-refractivity contribution in [3.63, 3.8) is 0 Å². The second-order valence-electron chi connectivity index (χ2n) is 4.19. The third kappa shape index (κ3) is 2.80. The molecular formula is C10H19F. The van der Waals surface area contributed by atoms with Crippen molar-refractivity contribution in [3.05, 3.63) is 0 Å². The SMILES string of the molecule is CC(C)CC1CCCC[C@@H]1F. The van der Waals surface area contributed by atoms with E-state index >= 15 is 0 Å². The van der Waals surface area contributed by atoms with Crippen LogP contribution < -0.4 is 0 Å². The predicted molar refractivity (Wildman–Crippen MR) is 46.3 cm³/mol. The average molecular weight is 158 g/mol. The first-order valence-corrected chi connectivity index (χ1v) is 4.84. The molecule has 1 aliphatic carbocycles. The topological polar surface area (TPSA) is 0 Å². The van der Waals surface area contributed by atoms with Crippen molar-refractivity contribution >= 4 is 0 Å². The molecule has 0 amide bonds. The lowest BCUT2D eigenvalue weighted by Gasteiger charge is -2.26. The van der Waals surface area contributed by atoms with Crippen LogP contribution in [0.4, 0.5) is 4.39 Å². The lowest BCUT2D eigenvalue weighted by molar-refractivity contribution is 0.145. The van der Waals surface area contributed by atoms with Crippen molar-refractivity contribution < 1.29 is 4.39 Å². The zero-order chi connectivity index (χ0) is 8.27. The summed E-state index contributed by atoms with van der Waals surface area (Å²) < 4.78 is 13.2. The molecule has 0 heterocycles. The van der Waals surface area contributed by atoms with E-state index in [1.54, 1.807) is 0 Å². The van der Waals surface area contributed by atoms with Gasteiger partial charge in [-0.2, -0.15) is 0 Å². The van der Waals surface area contributed by atoms with E-state index in [0.29, 0.717) is 11.8 Å². The van der Waals surface area contributed by atoms with Crippen LogP contribution in [-0.4, -0.2) is 6.17 Å². The summed E-state index contributed by atoms with van der Waals surface area (Å²) in [6.07, 6.45) is 4.89. The van der Waals surface area contributed by atoms with Crippen LogP contribution in [0.5, 0.6) is 0 Å². The molecule has 0 N–H and O–H groups in total. The minimum atomic E-state index is -0.494. The lowest BCUT2D eigenvalue weighted by Crippen LogP contribution is -2.21. The van der Waals surface area contributed by atoms with E-state index in [9.17, 15) is 4.39 Å². The first-order valence-electron chi connectivity index (χ1n) is 4.84. The molecule has 1 unspecified atom stereocenters. The van der Waals surface area contributed by atoms with Crippen LogP contribution in [0.25, 0.3) is 0 Å². The van der Waals surface area contributed by atoms with Crippen LogP contribution in [0.3, 0.4) is 0 Å². The van der Waals surface area contributed by atoms with Crippen molar-refractivity contribution in [2.24, 2.45) is 11.8 Å². The smallest absolute Gasteiger partial charge is 0.103 e. The fourth-order valence-corrected chi connectivity index (χ4v) is 2.03. The van der Waals surface area contributed by atoms with Gasteiger partial charge in [-0.1, -0.05) is 26.7 Å². The van der Waals surface area contributed by atoms with Crippen LogP contribution in [0.1, 0.15) is 46.0 Å². The van der Waals surface area contributed by atoms with Crippen LogP contribution in [0, 0.1) is 11.8 Å². The average Bonchev–Trinajstić information content (AvgIpc) is 1.93. The van der Waals surface area contributed by atoms with Crippen molar-refractivity contribution in [1.82, 2.24) is 0 Å². The maximum atomic E-state index is 13.2. The van der Waals surface area contributed by atoms with Gasteiger partial charge in [-0.25, -0.2) is 4.39 Å². The summed E-state index contributed by atoms with van der Waals surface area (Å²) in [5.74, 6) is 1.04. The Morgan fingerprint density at radius 3 is 2.45 bits per heavy atom. The van der Waals surface area contributed by atoms with Crippen molar-refractivity contribution in [2.45, 2.75) is 52.1 Å². The molecule has 0 saturated heterocycles. The molecule has 0 aromatic carbocycles. The van der Waals surface area contributed by atoms with E-state index in [4.69, 9.17) is 0 Å². The predicted octanol–water partition coefficient (Wildman–Crippen LogP) is 3.56. The Balaban J connectivity index is 2.29. The second-order valence-corrected chi connectivity index (χ2v) is 4.19. The molecule has 2 atom stereocenters. The third-order valence-electron chi connectivity index (χ3n) is 2.59. The Kier molecular flexibility index (Phi) is 3.35. The molecule has 0 spiro atoms. The maximum absolute atomic E-state index is 13.2. The van der Waals surface area contributed by atoms with Crippen molar-refractivity contribution in [1.29, 1.82) is 0 Å². The largest absolute Gasteiger partial charge is 0.247 e. The Labute approximate surface area is 69.2 Å². The molecule has 1 saturated carbocycles. The van der Waals surface area contributed by atoms with Crippen molar-refractivity contribution in [3.8, 4) is 0 Å². The monoisotopic (exact) mass is 158 g/mol. The third-order valence-corrected chi connectivity index (χ3v) is 2.59. The van der Waals surface area contributed by atoms with Gasteiger partial charge in [0, 0.05) is 0 Å². The van der Waals surface area contributed by atoms with Gasteiger partial charge >= 0.3 is 0 Å². The summed E-state index contributed by atoms with van der Waals surface area (Å²) in [6.45, 7) is 4.36. The molecule has 0 aromatic rings. The summed E-state index contributed by atoms with van der Waals surface area (Å²) in [6, 6.07) is 0. The van der Waals surface area contributed by atoms with E-state index in [1.165, 1.54) is 6.42 Å². The van der Waals surface area contributed by atoms with Gasteiger partial charge in [-0.05, 0) is 31.1 Å². The number of hydrogen-bond acceptors (Lipinski definition) is 0. The molecule has 0 bridgehead atoms. The fourth-order valence-electron chi connectivity index (χ4n) is 2.03. The normalized spacial score (nSPS) is 32.7. The second kappa shape index (κ2) is 4.08. The fraction of sp³-hybridized carbons (Fsp3) is 1.00. The molecule has 0 aliphatic heterocycles. The van der Waals surface area contributed by atoms with Crippen LogP contribution in [0.15, 0.2) is 0 Å². The quantitative estimate of drug-likeness (QED) is 0.576. The summed E-state index contributed by atoms with van der Waals surface area (Å²) in [5, 5.41) is 0. The van der Waals surface area contributed by atoms with E-state index in [1.807, 2.05) is 0 Å². The zero-order valence-electron chi connectivity index (χ0n) is 7.65. The van der Waals surface area contributed by atoms with Gasteiger partial charge in [0.05, 0.1) is 0 Å². The van der Waals surface area contributed by atoms with Gasteiger partial charge in [-0.15, -0.1) is 0 Å². The summed E-state index contributed by atoms with van der Waals surface area (Å²) in [5.41, 5.74) is 0. The van der Waals surface area contributed by atoms with Gasteiger partial charge in [-0.3, -0.25) is 0 Å². The minimum Gasteiger partial charge on any atom is -0.247 e. The highest BCUT2D eigenvalue weighted by molar-refractivity contribution is 4.75. The van der Waals surface area contributed by atoms with Crippen LogP contribution in [0.2, 0.25) is 0 Å². The molecule has 1 heteroatoms. The Hall–Kier alpha value is -0.0700. The molecule has 1 rings (SSSR count). The Bertz CT molecular complexity index is 109. The number of halogens is 1. The molecule has 0 nitrogen and oxygen atoms in total. The molecule has 11 heavy (non-hydrogen) atoms. The first-order chi connectivity index (χ1) is 5.20. The van der Waals surface area contributed by atoms with E-state index in [2.05, 4.69) is 13.8 Å². The van der Waals surface area contributed by atoms with Crippen LogP contribution in [-0.2, 0) is 0 Å². The summed E-state index contributed by atoms with van der Waals surface area (Å²) >= 11 is 0. The highest BCUT2D eigenvalue weighted by atomic mass is 19.1. The van der Waals surface area contributed by atoms with Gasteiger partial charge in [0.2, 0.25) is 0 Å². The van der Waals surface area contributed by atoms with Gasteiger partial charge < -0.3 is 0 Å². The van der Waals surface area contributed by atoms with Gasteiger partial charge in [0.1, 0.15) is 6.17 Å².